The van der Waals surface area contributed by atoms with E-state index in [1.54, 1.807) is 4.90 Å². The summed E-state index contributed by atoms with van der Waals surface area (Å²) >= 11 is 0. The number of likely N-dealkylation sites (tertiary alicyclic amines) is 1. The maximum absolute atomic E-state index is 14.6. The number of nitrogens with zero attached hydrogens (tertiary/aromatic N) is 5. The lowest BCUT2D eigenvalue weighted by Gasteiger charge is -2.33. The number of hydrogen-bond acceptors (Lipinski definition) is 5. The molecule has 8 nitrogen and oxygen atoms in total. The molecule has 12 heteroatoms. The van der Waals surface area contributed by atoms with Crippen molar-refractivity contribution in [1.82, 2.24) is 25.0 Å². The summed E-state index contributed by atoms with van der Waals surface area (Å²) in [6, 6.07) is 0.767. The van der Waals surface area contributed by atoms with E-state index in [9.17, 15) is 27.2 Å². The topological polar surface area (TPSA) is 83.4 Å². The molecule has 0 radical (unpaired) electrons. The Bertz CT molecular complexity index is 1230. The molecule has 218 valence electrons. The van der Waals surface area contributed by atoms with Crippen molar-refractivity contribution in [3.8, 4) is 0 Å². The lowest BCUT2D eigenvalue weighted by molar-refractivity contribution is -0.140. The maximum atomic E-state index is 14.6. The number of carbonyl (C=O) groups excluding carboxylic acids is 2. The number of aryl methyl sites for hydroxylation is 1. The molecule has 2 aromatic heterocycles. The van der Waals surface area contributed by atoms with Gasteiger partial charge in [0.1, 0.15) is 0 Å². The van der Waals surface area contributed by atoms with Gasteiger partial charge in [0.25, 0.3) is 5.91 Å². The van der Waals surface area contributed by atoms with Gasteiger partial charge in [-0.25, -0.2) is 9.37 Å². The molecule has 2 aliphatic heterocycles. The first kappa shape index (κ1) is 28.4. The van der Waals surface area contributed by atoms with Crippen molar-refractivity contribution >= 4 is 17.6 Å². The molecule has 2 amide bonds. The predicted octanol–water partition coefficient (Wildman–Crippen LogP) is 4.36. The molecule has 4 heterocycles. The SMILES string of the molecule is CC(=O)NC1CCN(C(=O)c2nn(CCC3CCN(c4nccc(C(F)(F)F)c4F)CC3)c3c2CCCC3)CC1. The molecule has 2 aromatic rings. The van der Waals surface area contributed by atoms with Crippen LogP contribution in [0.4, 0.5) is 23.4 Å². The number of fused-ring (bicyclic) bond motifs is 1. The first-order valence-corrected chi connectivity index (χ1v) is 14.2. The van der Waals surface area contributed by atoms with Gasteiger partial charge in [-0.1, -0.05) is 0 Å². The summed E-state index contributed by atoms with van der Waals surface area (Å²) in [7, 11) is 0. The molecular formula is C28H36F4N6O2. The fraction of sp³-hybridized carbons (Fsp3) is 0.643. The summed E-state index contributed by atoms with van der Waals surface area (Å²) in [5, 5.41) is 7.74. The van der Waals surface area contributed by atoms with E-state index in [0.717, 1.165) is 75.2 Å². The van der Waals surface area contributed by atoms with E-state index in [0.29, 0.717) is 50.4 Å². The highest BCUT2D eigenvalue weighted by Crippen LogP contribution is 2.35. The molecular weight excluding hydrogens is 528 g/mol. The van der Waals surface area contributed by atoms with Gasteiger partial charge in [-0.2, -0.15) is 18.3 Å². The quantitative estimate of drug-likeness (QED) is 0.528. The van der Waals surface area contributed by atoms with Crippen LogP contribution in [0.25, 0.3) is 0 Å². The number of nitrogens with one attached hydrogen (secondary N) is 1. The summed E-state index contributed by atoms with van der Waals surface area (Å²) in [6.45, 7) is 4.22. The van der Waals surface area contributed by atoms with Crippen LogP contribution in [-0.2, 0) is 30.4 Å². The summed E-state index contributed by atoms with van der Waals surface area (Å²) < 4.78 is 55.9. The summed E-state index contributed by atoms with van der Waals surface area (Å²) in [4.78, 5) is 32.2. The highest BCUT2D eigenvalue weighted by Gasteiger charge is 2.37. The van der Waals surface area contributed by atoms with E-state index in [1.807, 2.05) is 9.58 Å². The Hall–Kier alpha value is -3.18. The second-order valence-electron chi connectivity index (χ2n) is 11.2. The standard InChI is InChI=1S/C28H36F4N6O2/c1-18(39)34-20-10-15-37(16-11-20)27(40)25-21-4-2-3-5-23(21)38(35-25)17-9-19-7-13-36(14-8-19)26-24(29)22(6-12-33-26)28(30,31)32/h6,12,19-20H,2-5,7-11,13-17H2,1H3,(H,34,39). The zero-order chi connectivity index (χ0) is 28.4. The lowest BCUT2D eigenvalue weighted by Crippen LogP contribution is -2.46. The number of carbonyl (C=O) groups is 2. The number of hydrogen-bond donors (Lipinski definition) is 1. The van der Waals surface area contributed by atoms with Crippen LogP contribution in [-0.4, -0.2) is 63.7 Å². The van der Waals surface area contributed by atoms with Crippen molar-refractivity contribution < 1.29 is 27.2 Å². The molecule has 1 aliphatic carbocycles. The molecule has 40 heavy (non-hydrogen) atoms. The average Bonchev–Trinajstić information content (AvgIpc) is 3.30. The zero-order valence-electron chi connectivity index (χ0n) is 22.8. The third-order valence-corrected chi connectivity index (χ3v) is 8.49. The minimum atomic E-state index is -4.76. The highest BCUT2D eigenvalue weighted by atomic mass is 19.4. The molecule has 0 saturated carbocycles. The molecule has 2 fully saturated rings. The number of aromatic nitrogens is 3. The number of halogens is 4. The van der Waals surface area contributed by atoms with Gasteiger partial charge in [0, 0.05) is 63.1 Å². The van der Waals surface area contributed by atoms with E-state index in [4.69, 9.17) is 5.10 Å². The van der Waals surface area contributed by atoms with Crippen LogP contribution in [0.3, 0.4) is 0 Å². The molecule has 0 aromatic carbocycles. The average molecular weight is 565 g/mol. The summed E-state index contributed by atoms with van der Waals surface area (Å²) in [5.74, 6) is -1.32. The van der Waals surface area contributed by atoms with Crippen LogP contribution >= 0.6 is 0 Å². The van der Waals surface area contributed by atoms with E-state index < -0.39 is 17.6 Å². The second-order valence-corrected chi connectivity index (χ2v) is 11.2. The molecule has 0 bridgehead atoms. The number of alkyl halides is 3. The minimum Gasteiger partial charge on any atom is -0.354 e. The summed E-state index contributed by atoms with van der Waals surface area (Å²) in [6.07, 6.45) is 3.79. The van der Waals surface area contributed by atoms with Gasteiger partial charge in [-0.15, -0.1) is 0 Å². The Morgan fingerprint density at radius 1 is 1.05 bits per heavy atom. The van der Waals surface area contributed by atoms with Crippen molar-refractivity contribution in [2.45, 2.75) is 83.5 Å². The molecule has 0 spiro atoms. The van der Waals surface area contributed by atoms with Crippen LogP contribution < -0.4 is 10.2 Å². The van der Waals surface area contributed by atoms with E-state index in [2.05, 4.69) is 10.3 Å². The molecule has 1 N–H and O–H groups in total. The fourth-order valence-corrected chi connectivity index (χ4v) is 6.30. The normalized spacial score (nSPS) is 19.0. The minimum absolute atomic E-state index is 0.0397. The second kappa shape index (κ2) is 11.7. The van der Waals surface area contributed by atoms with Gasteiger partial charge >= 0.3 is 6.18 Å². The smallest absolute Gasteiger partial charge is 0.354 e. The van der Waals surface area contributed by atoms with Crippen molar-refractivity contribution in [3.05, 3.63) is 40.6 Å². The van der Waals surface area contributed by atoms with Gasteiger partial charge in [-0.3, -0.25) is 14.3 Å². The number of piperidine rings is 2. The van der Waals surface area contributed by atoms with Crippen molar-refractivity contribution in [1.29, 1.82) is 0 Å². The van der Waals surface area contributed by atoms with E-state index in [1.165, 1.54) is 6.92 Å². The Labute approximate surface area is 231 Å². The zero-order valence-corrected chi connectivity index (χ0v) is 22.8. The third-order valence-electron chi connectivity index (χ3n) is 8.49. The van der Waals surface area contributed by atoms with Crippen molar-refractivity contribution in [2.75, 3.05) is 31.1 Å². The Balaban J connectivity index is 1.20. The molecule has 5 rings (SSSR count). The molecule has 2 saturated heterocycles. The number of pyridine rings is 1. The van der Waals surface area contributed by atoms with Crippen LogP contribution in [0, 0.1) is 11.7 Å². The van der Waals surface area contributed by atoms with Gasteiger partial charge in [0.05, 0.1) is 5.56 Å². The monoisotopic (exact) mass is 564 g/mol. The van der Waals surface area contributed by atoms with Gasteiger partial charge in [-0.05, 0) is 69.8 Å². The van der Waals surface area contributed by atoms with Crippen molar-refractivity contribution in [3.63, 3.8) is 0 Å². The highest BCUT2D eigenvalue weighted by molar-refractivity contribution is 5.94. The Morgan fingerprint density at radius 3 is 2.42 bits per heavy atom. The largest absolute Gasteiger partial charge is 0.419 e. The summed E-state index contributed by atoms with van der Waals surface area (Å²) in [5.41, 5.74) is 1.45. The van der Waals surface area contributed by atoms with Crippen LogP contribution in [0.2, 0.25) is 0 Å². The number of amides is 2. The van der Waals surface area contributed by atoms with E-state index in [-0.39, 0.29) is 23.7 Å². The predicted molar refractivity (Wildman–Crippen MR) is 140 cm³/mol. The van der Waals surface area contributed by atoms with Gasteiger partial charge in [0.2, 0.25) is 5.91 Å². The first-order valence-electron chi connectivity index (χ1n) is 14.2. The Morgan fingerprint density at radius 2 is 1.75 bits per heavy atom. The molecule has 3 aliphatic rings. The van der Waals surface area contributed by atoms with Crippen LogP contribution in [0.15, 0.2) is 12.3 Å². The van der Waals surface area contributed by atoms with Gasteiger partial charge < -0.3 is 15.1 Å². The van der Waals surface area contributed by atoms with Crippen LogP contribution in [0.5, 0.6) is 0 Å². The lowest BCUT2D eigenvalue weighted by atomic mass is 9.92. The first-order chi connectivity index (χ1) is 19.1. The van der Waals surface area contributed by atoms with Crippen molar-refractivity contribution in [2.24, 2.45) is 5.92 Å². The molecule has 0 atom stereocenters. The van der Waals surface area contributed by atoms with Crippen LogP contribution in [0.1, 0.15) is 79.2 Å². The number of anilines is 1. The third kappa shape index (κ3) is 6.10. The number of rotatable bonds is 6. The van der Waals surface area contributed by atoms with Gasteiger partial charge in [0.15, 0.2) is 17.3 Å². The van der Waals surface area contributed by atoms with E-state index >= 15 is 0 Å². The Kier molecular flexibility index (Phi) is 8.32. The fourth-order valence-electron chi connectivity index (χ4n) is 6.30. The maximum Gasteiger partial charge on any atom is 0.419 e. The molecule has 0 unspecified atom stereocenters.